The number of likely N-dealkylation sites (N-methyl/N-ethyl adjacent to an activating group) is 1. The van der Waals surface area contributed by atoms with Gasteiger partial charge in [0.05, 0.1) is 12.7 Å². The standard InChI is InChI=1S/C14H27N3O/c1-5-17(8-9-18-4)12(2)10-14(3,11-15)16-13-6-7-13/h12-13,16H,5-10H2,1-4H3. The zero-order chi connectivity index (χ0) is 13.6. The SMILES string of the molecule is CCN(CCOC)C(C)CC(C)(C#N)NC1CC1. The maximum Gasteiger partial charge on any atom is 0.105 e. The highest BCUT2D eigenvalue weighted by atomic mass is 16.5. The van der Waals surface area contributed by atoms with E-state index in [9.17, 15) is 5.26 Å². The molecule has 0 amide bonds. The van der Waals surface area contributed by atoms with Crippen molar-refractivity contribution >= 4 is 0 Å². The molecule has 0 spiro atoms. The Morgan fingerprint density at radius 3 is 2.67 bits per heavy atom. The van der Waals surface area contributed by atoms with Crippen LogP contribution >= 0.6 is 0 Å². The van der Waals surface area contributed by atoms with Crippen LogP contribution in [0.15, 0.2) is 0 Å². The lowest BCUT2D eigenvalue weighted by Gasteiger charge is -2.33. The molecule has 0 aromatic rings. The van der Waals surface area contributed by atoms with E-state index in [-0.39, 0.29) is 0 Å². The molecule has 0 saturated heterocycles. The van der Waals surface area contributed by atoms with Gasteiger partial charge in [0.1, 0.15) is 5.54 Å². The summed E-state index contributed by atoms with van der Waals surface area (Å²) < 4.78 is 5.13. The fourth-order valence-electron chi connectivity index (χ4n) is 2.43. The molecule has 1 saturated carbocycles. The molecule has 18 heavy (non-hydrogen) atoms. The molecule has 1 aliphatic carbocycles. The van der Waals surface area contributed by atoms with Crippen LogP contribution in [0.1, 0.15) is 40.0 Å². The second-order valence-electron chi connectivity index (χ2n) is 5.54. The van der Waals surface area contributed by atoms with E-state index in [1.54, 1.807) is 7.11 Å². The quantitative estimate of drug-likeness (QED) is 0.680. The van der Waals surface area contributed by atoms with E-state index in [4.69, 9.17) is 4.74 Å². The van der Waals surface area contributed by atoms with E-state index < -0.39 is 5.54 Å². The number of ether oxygens (including phenoxy) is 1. The van der Waals surface area contributed by atoms with E-state index in [0.29, 0.717) is 12.1 Å². The zero-order valence-electron chi connectivity index (χ0n) is 12.2. The normalized spacial score (nSPS) is 20.4. The van der Waals surface area contributed by atoms with Gasteiger partial charge in [-0.1, -0.05) is 6.92 Å². The van der Waals surface area contributed by atoms with Gasteiger partial charge in [-0.05, 0) is 39.7 Å². The van der Waals surface area contributed by atoms with Crippen LogP contribution in [0.4, 0.5) is 0 Å². The number of nitrogens with zero attached hydrogens (tertiary/aromatic N) is 2. The average molecular weight is 253 g/mol. The van der Waals surface area contributed by atoms with Crippen molar-refractivity contribution in [2.45, 2.75) is 57.7 Å². The van der Waals surface area contributed by atoms with E-state index in [0.717, 1.165) is 26.1 Å². The van der Waals surface area contributed by atoms with Crippen LogP contribution in [0.25, 0.3) is 0 Å². The number of nitrogens with one attached hydrogen (secondary N) is 1. The molecule has 1 rings (SSSR count). The molecular formula is C14H27N3O. The average Bonchev–Trinajstić information content (AvgIpc) is 3.13. The Kier molecular flexibility index (Phi) is 6.07. The lowest BCUT2D eigenvalue weighted by molar-refractivity contribution is 0.117. The second-order valence-corrected chi connectivity index (χ2v) is 5.54. The molecule has 0 heterocycles. The highest BCUT2D eigenvalue weighted by Gasteiger charge is 2.34. The van der Waals surface area contributed by atoms with Crippen molar-refractivity contribution in [1.29, 1.82) is 5.26 Å². The van der Waals surface area contributed by atoms with E-state index in [2.05, 4.69) is 30.1 Å². The highest BCUT2D eigenvalue weighted by molar-refractivity contribution is 5.08. The first kappa shape index (κ1) is 15.4. The topological polar surface area (TPSA) is 48.3 Å². The van der Waals surface area contributed by atoms with Gasteiger partial charge in [0, 0.05) is 25.7 Å². The van der Waals surface area contributed by atoms with Crippen molar-refractivity contribution in [3.05, 3.63) is 0 Å². The third-order valence-corrected chi connectivity index (χ3v) is 3.66. The van der Waals surface area contributed by atoms with E-state index in [1.807, 2.05) is 6.92 Å². The van der Waals surface area contributed by atoms with Gasteiger partial charge in [0.2, 0.25) is 0 Å². The highest BCUT2D eigenvalue weighted by Crippen LogP contribution is 2.25. The van der Waals surface area contributed by atoms with Gasteiger partial charge in [-0.25, -0.2) is 0 Å². The molecule has 4 nitrogen and oxygen atoms in total. The van der Waals surface area contributed by atoms with Crippen LogP contribution in [0, 0.1) is 11.3 Å². The fraction of sp³-hybridized carbons (Fsp3) is 0.929. The molecule has 0 aromatic carbocycles. The smallest absolute Gasteiger partial charge is 0.105 e. The van der Waals surface area contributed by atoms with Crippen molar-refractivity contribution in [3.63, 3.8) is 0 Å². The minimum absolute atomic E-state index is 0.390. The molecule has 0 aliphatic heterocycles. The molecular weight excluding hydrogens is 226 g/mol. The number of hydrogen-bond donors (Lipinski definition) is 1. The van der Waals surface area contributed by atoms with Crippen LogP contribution in [0.2, 0.25) is 0 Å². The Balaban J connectivity index is 2.47. The third-order valence-electron chi connectivity index (χ3n) is 3.66. The summed E-state index contributed by atoms with van der Waals surface area (Å²) in [5.41, 5.74) is -0.402. The molecule has 1 N–H and O–H groups in total. The van der Waals surface area contributed by atoms with Crippen LogP contribution < -0.4 is 5.32 Å². The first-order valence-electron chi connectivity index (χ1n) is 6.96. The minimum atomic E-state index is -0.402. The molecule has 0 bridgehead atoms. The first-order chi connectivity index (χ1) is 8.54. The van der Waals surface area contributed by atoms with Crippen molar-refractivity contribution in [3.8, 4) is 6.07 Å². The summed E-state index contributed by atoms with van der Waals surface area (Å²) in [5.74, 6) is 0. The maximum absolute atomic E-state index is 9.39. The van der Waals surface area contributed by atoms with Crippen molar-refractivity contribution in [2.24, 2.45) is 0 Å². The Bertz CT molecular complexity index is 285. The summed E-state index contributed by atoms with van der Waals surface area (Å²) in [7, 11) is 1.73. The zero-order valence-corrected chi connectivity index (χ0v) is 12.2. The number of nitriles is 1. The number of rotatable bonds is 9. The van der Waals surface area contributed by atoms with Gasteiger partial charge in [-0.3, -0.25) is 10.2 Å². The summed E-state index contributed by atoms with van der Waals surface area (Å²) in [4.78, 5) is 2.37. The van der Waals surface area contributed by atoms with Crippen LogP contribution in [-0.4, -0.2) is 49.3 Å². The van der Waals surface area contributed by atoms with Crippen LogP contribution in [0.5, 0.6) is 0 Å². The molecule has 1 fully saturated rings. The van der Waals surface area contributed by atoms with Gasteiger partial charge < -0.3 is 4.74 Å². The Morgan fingerprint density at radius 1 is 1.56 bits per heavy atom. The molecule has 4 heteroatoms. The molecule has 0 radical (unpaired) electrons. The molecule has 1 aliphatic rings. The maximum atomic E-state index is 9.39. The third kappa shape index (κ3) is 4.93. The monoisotopic (exact) mass is 253 g/mol. The molecule has 2 unspecified atom stereocenters. The van der Waals surface area contributed by atoms with Crippen LogP contribution in [-0.2, 0) is 4.74 Å². The van der Waals surface area contributed by atoms with Crippen molar-refractivity contribution in [2.75, 3.05) is 26.8 Å². The van der Waals surface area contributed by atoms with E-state index in [1.165, 1.54) is 12.8 Å². The van der Waals surface area contributed by atoms with Crippen molar-refractivity contribution < 1.29 is 4.74 Å². The summed E-state index contributed by atoms with van der Waals surface area (Å²) in [6.45, 7) is 9.05. The Labute approximate surface area is 111 Å². The number of methoxy groups -OCH3 is 1. The van der Waals surface area contributed by atoms with E-state index >= 15 is 0 Å². The van der Waals surface area contributed by atoms with Gasteiger partial charge in [0.15, 0.2) is 0 Å². The van der Waals surface area contributed by atoms with Crippen molar-refractivity contribution in [1.82, 2.24) is 10.2 Å². The minimum Gasteiger partial charge on any atom is -0.383 e. The lowest BCUT2D eigenvalue weighted by Crippen LogP contribution is -2.48. The summed E-state index contributed by atoms with van der Waals surface area (Å²) in [6.07, 6.45) is 3.29. The summed E-state index contributed by atoms with van der Waals surface area (Å²) >= 11 is 0. The predicted molar refractivity (Wildman–Crippen MR) is 73.4 cm³/mol. The number of hydrogen-bond acceptors (Lipinski definition) is 4. The van der Waals surface area contributed by atoms with Gasteiger partial charge in [0.25, 0.3) is 0 Å². The predicted octanol–water partition coefficient (Wildman–Crippen LogP) is 1.77. The van der Waals surface area contributed by atoms with Crippen LogP contribution in [0.3, 0.4) is 0 Å². The second kappa shape index (κ2) is 7.08. The molecule has 104 valence electrons. The fourth-order valence-corrected chi connectivity index (χ4v) is 2.43. The Morgan fingerprint density at radius 2 is 2.22 bits per heavy atom. The summed E-state index contributed by atoms with van der Waals surface area (Å²) in [5, 5.41) is 12.8. The molecule has 2 atom stereocenters. The van der Waals surface area contributed by atoms with Gasteiger partial charge >= 0.3 is 0 Å². The molecule has 0 aromatic heterocycles. The van der Waals surface area contributed by atoms with Gasteiger partial charge in [-0.2, -0.15) is 5.26 Å². The Hall–Kier alpha value is -0.630. The lowest BCUT2D eigenvalue weighted by atomic mass is 9.94. The largest absolute Gasteiger partial charge is 0.383 e. The van der Waals surface area contributed by atoms with Gasteiger partial charge in [-0.15, -0.1) is 0 Å². The summed E-state index contributed by atoms with van der Waals surface area (Å²) in [6, 6.07) is 3.40. The first-order valence-corrected chi connectivity index (χ1v) is 6.96.